The van der Waals surface area contributed by atoms with Crippen molar-refractivity contribution in [3.8, 4) is 0 Å². The molecule has 0 saturated heterocycles. The highest BCUT2D eigenvalue weighted by atomic mass is 16.4. The first-order chi connectivity index (χ1) is 9.90. The number of likely N-dealkylation sites (N-methyl/N-ethyl adjacent to an activating group) is 1. The zero-order chi connectivity index (χ0) is 15.6. The summed E-state index contributed by atoms with van der Waals surface area (Å²) in [6, 6.07) is 6.30. The zero-order valence-electron chi connectivity index (χ0n) is 12.8. The van der Waals surface area contributed by atoms with Gasteiger partial charge >= 0.3 is 5.97 Å². The summed E-state index contributed by atoms with van der Waals surface area (Å²) in [4.78, 5) is 17.0. The number of aromatic nitrogens is 1. The molecule has 5 nitrogen and oxygen atoms in total. The van der Waals surface area contributed by atoms with E-state index >= 15 is 0 Å². The monoisotopic (exact) mass is 287 g/mol. The van der Waals surface area contributed by atoms with Gasteiger partial charge in [0.05, 0.1) is 11.9 Å². The minimum Gasteiger partial charge on any atom is -0.480 e. The van der Waals surface area contributed by atoms with Crippen molar-refractivity contribution < 1.29 is 9.90 Å². The van der Waals surface area contributed by atoms with Gasteiger partial charge in [0.2, 0.25) is 0 Å². The van der Waals surface area contributed by atoms with Gasteiger partial charge in [-0.15, -0.1) is 0 Å². The number of carbonyl (C=O) groups is 1. The summed E-state index contributed by atoms with van der Waals surface area (Å²) in [5.41, 5.74) is 2.12. The summed E-state index contributed by atoms with van der Waals surface area (Å²) >= 11 is 0. The molecule has 112 valence electrons. The maximum absolute atomic E-state index is 10.9. The van der Waals surface area contributed by atoms with Crippen molar-refractivity contribution in [3.05, 3.63) is 30.0 Å². The van der Waals surface area contributed by atoms with Gasteiger partial charge in [0.25, 0.3) is 0 Å². The fourth-order valence-corrected chi connectivity index (χ4v) is 2.47. The first-order valence-corrected chi connectivity index (χ1v) is 6.98. The number of hydrogen-bond acceptors (Lipinski definition) is 4. The first kappa shape index (κ1) is 15.1. The Labute approximate surface area is 124 Å². The molecular formula is C16H21N3O2. The number of nitrogens with one attached hydrogen (secondary N) is 1. The number of benzene rings is 1. The number of fused-ring (bicyclic) bond motifs is 1. The lowest BCUT2D eigenvalue weighted by Crippen LogP contribution is -2.26. The maximum Gasteiger partial charge on any atom is 0.323 e. The van der Waals surface area contributed by atoms with E-state index in [2.05, 4.69) is 37.1 Å². The van der Waals surface area contributed by atoms with E-state index in [4.69, 9.17) is 5.11 Å². The van der Waals surface area contributed by atoms with E-state index in [0.717, 1.165) is 22.0 Å². The summed E-state index contributed by atoms with van der Waals surface area (Å²) in [6.07, 6.45) is 1.78. The van der Waals surface area contributed by atoms with Gasteiger partial charge in [-0.1, -0.05) is 18.2 Å². The summed E-state index contributed by atoms with van der Waals surface area (Å²) in [6.45, 7) is 6.13. The van der Waals surface area contributed by atoms with Crippen molar-refractivity contribution in [3.63, 3.8) is 0 Å². The van der Waals surface area contributed by atoms with Gasteiger partial charge in [-0.05, 0) is 26.3 Å². The molecule has 2 N–H and O–H groups in total. The summed E-state index contributed by atoms with van der Waals surface area (Å²) in [7, 11) is 1.74. The van der Waals surface area contributed by atoms with Crippen molar-refractivity contribution in [1.82, 2.24) is 4.98 Å². The van der Waals surface area contributed by atoms with E-state index in [1.54, 1.807) is 18.1 Å². The highest BCUT2D eigenvalue weighted by molar-refractivity contribution is 6.02. The minimum absolute atomic E-state index is 0.0764. The van der Waals surface area contributed by atoms with Gasteiger partial charge in [-0.25, -0.2) is 4.98 Å². The second kappa shape index (κ2) is 5.99. The molecule has 0 spiro atoms. The molecule has 0 atom stereocenters. The molecule has 0 saturated carbocycles. The average Bonchev–Trinajstić information content (AvgIpc) is 2.37. The van der Waals surface area contributed by atoms with E-state index in [1.807, 2.05) is 12.1 Å². The van der Waals surface area contributed by atoms with Gasteiger partial charge in [-0.3, -0.25) is 4.79 Å². The smallest absolute Gasteiger partial charge is 0.323 e. The molecular weight excluding hydrogens is 266 g/mol. The SMILES string of the molecule is Cc1cccc2c(N(C)CC(=O)O)ncc(NC(C)C)c12. The molecule has 21 heavy (non-hydrogen) atoms. The Morgan fingerprint density at radius 2 is 2.14 bits per heavy atom. The number of nitrogens with zero attached hydrogens (tertiary/aromatic N) is 2. The van der Waals surface area contributed by atoms with Crippen LogP contribution >= 0.6 is 0 Å². The minimum atomic E-state index is -0.871. The van der Waals surface area contributed by atoms with Crippen LogP contribution in [0.15, 0.2) is 24.4 Å². The number of pyridine rings is 1. The van der Waals surface area contributed by atoms with Crippen molar-refractivity contribution >= 4 is 28.2 Å². The lowest BCUT2D eigenvalue weighted by molar-refractivity contribution is -0.135. The van der Waals surface area contributed by atoms with Crippen molar-refractivity contribution in [2.75, 3.05) is 23.8 Å². The Bertz CT molecular complexity index is 668. The molecule has 1 heterocycles. The van der Waals surface area contributed by atoms with Crippen LogP contribution in [0, 0.1) is 6.92 Å². The lowest BCUT2D eigenvalue weighted by atomic mass is 10.0. The number of anilines is 2. The highest BCUT2D eigenvalue weighted by Crippen LogP contribution is 2.32. The van der Waals surface area contributed by atoms with Crippen LogP contribution in [0.2, 0.25) is 0 Å². The van der Waals surface area contributed by atoms with E-state index < -0.39 is 5.97 Å². The van der Waals surface area contributed by atoms with Crippen molar-refractivity contribution in [2.24, 2.45) is 0 Å². The third-order valence-corrected chi connectivity index (χ3v) is 3.28. The van der Waals surface area contributed by atoms with E-state index in [1.165, 1.54) is 0 Å². The van der Waals surface area contributed by atoms with Crippen LogP contribution in [0.3, 0.4) is 0 Å². The second-order valence-electron chi connectivity index (χ2n) is 5.54. The van der Waals surface area contributed by atoms with E-state index in [9.17, 15) is 4.79 Å². The van der Waals surface area contributed by atoms with Gasteiger partial charge in [-0.2, -0.15) is 0 Å². The summed E-state index contributed by atoms with van der Waals surface area (Å²) < 4.78 is 0. The van der Waals surface area contributed by atoms with Crippen molar-refractivity contribution in [1.29, 1.82) is 0 Å². The fourth-order valence-electron chi connectivity index (χ4n) is 2.47. The fraction of sp³-hybridized carbons (Fsp3) is 0.375. The third-order valence-electron chi connectivity index (χ3n) is 3.28. The van der Waals surface area contributed by atoms with Gasteiger partial charge < -0.3 is 15.3 Å². The Hall–Kier alpha value is -2.30. The quantitative estimate of drug-likeness (QED) is 0.885. The van der Waals surface area contributed by atoms with Crippen LogP contribution in [-0.2, 0) is 4.79 Å². The van der Waals surface area contributed by atoms with E-state index in [0.29, 0.717) is 11.9 Å². The van der Waals surface area contributed by atoms with Crippen LogP contribution in [0.1, 0.15) is 19.4 Å². The number of carboxylic acid groups (broad SMARTS) is 1. The molecule has 2 rings (SSSR count). The topological polar surface area (TPSA) is 65.5 Å². The highest BCUT2D eigenvalue weighted by Gasteiger charge is 2.14. The first-order valence-electron chi connectivity index (χ1n) is 6.98. The lowest BCUT2D eigenvalue weighted by Gasteiger charge is -2.21. The summed E-state index contributed by atoms with van der Waals surface area (Å²) in [5.74, 6) is -0.185. The molecule has 0 fully saturated rings. The Morgan fingerprint density at radius 1 is 1.43 bits per heavy atom. The Kier molecular flexibility index (Phi) is 4.31. The summed E-state index contributed by atoms with van der Waals surface area (Å²) in [5, 5.41) is 14.4. The van der Waals surface area contributed by atoms with Gasteiger partial charge in [0, 0.05) is 23.9 Å². The van der Waals surface area contributed by atoms with Crippen LogP contribution in [0.25, 0.3) is 10.8 Å². The average molecular weight is 287 g/mol. The molecule has 0 aliphatic carbocycles. The van der Waals surface area contributed by atoms with Gasteiger partial charge in [0.1, 0.15) is 12.4 Å². The van der Waals surface area contributed by atoms with Crippen molar-refractivity contribution in [2.45, 2.75) is 26.8 Å². The molecule has 5 heteroatoms. The molecule has 0 unspecified atom stereocenters. The second-order valence-corrected chi connectivity index (χ2v) is 5.54. The van der Waals surface area contributed by atoms with Crippen LogP contribution < -0.4 is 10.2 Å². The number of aliphatic carboxylic acids is 1. The normalized spacial score (nSPS) is 10.9. The van der Waals surface area contributed by atoms with Gasteiger partial charge in [0.15, 0.2) is 0 Å². The van der Waals surface area contributed by atoms with Crippen LogP contribution in [0.5, 0.6) is 0 Å². The molecule has 0 amide bonds. The van der Waals surface area contributed by atoms with Crippen LogP contribution in [-0.4, -0.2) is 35.7 Å². The Morgan fingerprint density at radius 3 is 2.76 bits per heavy atom. The molecule has 2 aromatic rings. The Balaban J connectivity index is 2.60. The third kappa shape index (κ3) is 3.24. The molecule has 0 bridgehead atoms. The number of rotatable bonds is 5. The predicted molar refractivity (Wildman–Crippen MR) is 86.1 cm³/mol. The predicted octanol–water partition coefficient (Wildman–Crippen LogP) is 2.88. The number of aryl methyl sites for hydroxylation is 1. The number of carboxylic acids is 1. The molecule has 1 aromatic heterocycles. The van der Waals surface area contributed by atoms with Crippen LogP contribution in [0.4, 0.5) is 11.5 Å². The zero-order valence-corrected chi connectivity index (χ0v) is 12.8. The standard InChI is InChI=1S/C16H21N3O2/c1-10(2)18-13-8-17-16(19(4)9-14(20)21)12-7-5-6-11(3)15(12)13/h5-8,10,18H,9H2,1-4H3,(H,20,21). The molecule has 0 aliphatic rings. The number of hydrogen-bond donors (Lipinski definition) is 2. The largest absolute Gasteiger partial charge is 0.480 e. The van der Waals surface area contributed by atoms with E-state index in [-0.39, 0.29) is 6.54 Å². The maximum atomic E-state index is 10.9. The molecule has 0 aliphatic heterocycles. The molecule has 0 radical (unpaired) electrons. The molecule has 1 aromatic carbocycles.